The summed E-state index contributed by atoms with van der Waals surface area (Å²) in [5, 5.41) is 13.4. The highest BCUT2D eigenvalue weighted by atomic mass is 35.5. The number of fused-ring (bicyclic) bond motifs is 1. The summed E-state index contributed by atoms with van der Waals surface area (Å²) in [6.45, 7) is 0.517. The maximum Gasteiger partial charge on any atom is 0.196 e. The molecule has 0 saturated heterocycles. The lowest BCUT2D eigenvalue weighted by Crippen LogP contribution is -2.03. The number of rotatable bonds is 8. The average molecular weight is 537 g/mol. The van der Waals surface area contributed by atoms with Crippen LogP contribution in [0.5, 0.6) is 17.2 Å². The van der Waals surface area contributed by atoms with Crippen LogP contribution in [0.15, 0.2) is 60.9 Å². The number of hydrogen-bond donors (Lipinski definition) is 1. The number of hydrogen-bond acceptors (Lipinski definition) is 8. The molecule has 7 nitrogen and oxygen atoms in total. The van der Waals surface area contributed by atoms with Gasteiger partial charge in [0.25, 0.3) is 0 Å². The fraction of sp³-hybridized carbons (Fsp3) is 0.148. The molecule has 0 spiro atoms. The lowest BCUT2D eigenvalue weighted by atomic mass is 9.98. The van der Waals surface area contributed by atoms with E-state index in [4.69, 9.17) is 25.8 Å². The van der Waals surface area contributed by atoms with Crippen LogP contribution in [0.4, 0.5) is 10.1 Å². The molecule has 0 unspecified atom stereocenters. The Kier molecular flexibility index (Phi) is 7.07. The molecule has 37 heavy (non-hydrogen) atoms. The van der Waals surface area contributed by atoms with Crippen LogP contribution in [0.1, 0.15) is 5.56 Å². The minimum atomic E-state index is -0.372. The quantitative estimate of drug-likeness (QED) is 0.232. The molecule has 0 saturated carbocycles. The van der Waals surface area contributed by atoms with Crippen LogP contribution in [0, 0.1) is 5.13 Å². The van der Waals surface area contributed by atoms with E-state index in [1.807, 2.05) is 36.4 Å². The third-order valence-corrected chi connectivity index (χ3v) is 7.03. The summed E-state index contributed by atoms with van der Waals surface area (Å²) in [7, 11) is 4.78. The van der Waals surface area contributed by atoms with Crippen LogP contribution >= 0.6 is 22.9 Å². The van der Waals surface area contributed by atoms with Gasteiger partial charge in [0.2, 0.25) is 0 Å². The zero-order valence-corrected chi connectivity index (χ0v) is 21.8. The van der Waals surface area contributed by atoms with Gasteiger partial charge in [-0.05, 0) is 47.5 Å². The predicted molar refractivity (Wildman–Crippen MR) is 144 cm³/mol. The van der Waals surface area contributed by atoms with E-state index < -0.39 is 0 Å². The molecule has 0 aliphatic rings. The van der Waals surface area contributed by atoms with E-state index in [0.717, 1.165) is 50.6 Å². The molecule has 0 amide bonds. The fourth-order valence-corrected chi connectivity index (χ4v) is 4.98. The molecular weight excluding hydrogens is 515 g/mol. The van der Waals surface area contributed by atoms with Gasteiger partial charge in [0.05, 0.1) is 49.9 Å². The third kappa shape index (κ3) is 5.00. The molecular formula is C27H22ClFN4O3S. The second-order valence-corrected chi connectivity index (χ2v) is 9.41. The summed E-state index contributed by atoms with van der Waals surface area (Å²) >= 11 is 7.42. The smallest absolute Gasteiger partial charge is 0.196 e. The third-order valence-electron chi connectivity index (χ3n) is 5.91. The van der Waals surface area contributed by atoms with Gasteiger partial charge in [-0.1, -0.05) is 29.0 Å². The molecule has 5 rings (SSSR count). The van der Waals surface area contributed by atoms with Gasteiger partial charge in [-0.2, -0.15) is 14.6 Å². The summed E-state index contributed by atoms with van der Waals surface area (Å²) in [6, 6.07) is 15.1. The average Bonchev–Trinajstić information content (AvgIpc) is 3.37. The van der Waals surface area contributed by atoms with Crippen LogP contribution in [-0.4, -0.2) is 36.5 Å². The minimum absolute atomic E-state index is 0.372. The molecule has 5 aromatic rings. The first-order chi connectivity index (χ1) is 18.0. The molecule has 0 aliphatic carbocycles. The van der Waals surface area contributed by atoms with E-state index in [-0.39, 0.29) is 5.13 Å². The van der Waals surface area contributed by atoms with Crippen molar-refractivity contribution < 1.29 is 18.6 Å². The van der Waals surface area contributed by atoms with E-state index in [2.05, 4.69) is 20.5 Å². The first-order valence-corrected chi connectivity index (χ1v) is 12.4. The maximum absolute atomic E-state index is 13.8. The first-order valence-electron chi connectivity index (χ1n) is 11.2. The Morgan fingerprint density at radius 3 is 2.49 bits per heavy atom. The van der Waals surface area contributed by atoms with Gasteiger partial charge < -0.3 is 19.5 Å². The molecule has 2 aromatic heterocycles. The fourth-order valence-electron chi connectivity index (χ4n) is 4.06. The first kappa shape index (κ1) is 24.7. The summed E-state index contributed by atoms with van der Waals surface area (Å²) in [4.78, 5) is 4.22. The van der Waals surface area contributed by atoms with E-state index in [1.54, 1.807) is 32.5 Å². The highest BCUT2D eigenvalue weighted by Crippen LogP contribution is 2.41. The number of thiazole rings is 1. The largest absolute Gasteiger partial charge is 0.497 e. The van der Waals surface area contributed by atoms with E-state index >= 15 is 0 Å². The maximum atomic E-state index is 13.8. The van der Waals surface area contributed by atoms with Crippen LogP contribution in [0.2, 0.25) is 5.02 Å². The molecule has 0 atom stereocenters. The number of nitrogens with one attached hydrogen (secondary N) is 1. The van der Waals surface area contributed by atoms with Crippen LogP contribution in [-0.2, 0) is 6.54 Å². The Morgan fingerprint density at radius 2 is 1.76 bits per heavy atom. The van der Waals surface area contributed by atoms with Gasteiger partial charge in [0.15, 0.2) is 5.13 Å². The highest BCUT2D eigenvalue weighted by molar-refractivity contribution is 7.13. The summed E-state index contributed by atoms with van der Waals surface area (Å²) in [5.41, 5.74) is 4.81. The van der Waals surface area contributed by atoms with Gasteiger partial charge in [-0.3, -0.25) is 0 Å². The number of ether oxygens (including phenoxy) is 3. The Hall–Kier alpha value is -3.95. The van der Waals surface area contributed by atoms with Gasteiger partial charge in [0.1, 0.15) is 22.3 Å². The number of halogens is 2. The van der Waals surface area contributed by atoms with Crippen molar-refractivity contribution in [2.75, 3.05) is 26.6 Å². The minimum Gasteiger partial charge on any atom is -0.497 e. The van der Waals surface area contributed by atoms with Crippen LogP contribution < -0.4 is 19.5 Å². The number of methoxy groups -OCH3 is 3. The van der Waals surface area contributed by atoms with Crippen LogP contribution in [0.3, 0.4) is 0 Å². The van der Waals surface area contributed by atoms with Gasteiger partial charge >= 0.3 is 0 Å². The van der Waals surface area contributed by atoms with Gasteiger partial charge in [0, 0.05) is 29.1 Å². The van der Waals surface area contributed by atoms with E-state index in [0.29, 0.717) is 33.4 Å². The number of benzene rings is 3. The molecule has 188 valence electrons. The van der Waals surface area contributed by atoms with Gasteiger partial charge in [-0.25, -0.2) is 4.98 Å². The van der Waals surface area contributed by atoms with Crippen molar-refractivity contribution in [1.82, 2.24) is 15.2 Å². The lowest BCUT2D eigenvalue weighted by Gasteiger charge is -2.14. The topological polar surface area (TPSA) is 78.4 Å². The molecule has 10 heteroatoms. The Morgan fingerprint density at radius 1 is 0.919 bits per heavy atom. The van der Waals surface area contributed by atoms with Crippen molar-refractivity contribution in [3.8, 4) is 38.9 Å². The second-order valence-electron chi connectivity index (χ2n) is 8.02. The molecule has 2 heterocycles. The number of aromatic nitrogens is 3. The Balaban J connectivity index is 1.51. The van der Waals surface area contributed by atoms with Crippen molar-refractivity contribution in [2.24, 2.45) is 0 Å². The van der Waals surface area contributed by atoms with E-state index in [9.17, 15) is 4.39 Å². The molecule has 0 fully saturated rings. The monoisotopic (exact) mass is 536 g/mol. The molecule has 3 aromatic carbocycles. The second kappa shape index (κ2) is 10.6. The molecule has 1 N–H and O–H groups in total. The zero-order valence-electron chi connectivity index (χ0n) is 20.2. The van der Waals surface area contributed by atoms with Gasteiger partial charge in [-0.15, -0.1) is 0 Å². The highest BCUT2D eigenvalue weighted by Gasteiger charge is 2.17. The zero-order chi connectivity index (χ0) is 25.9. The van der Waals surface area contributed by atoms with Crippen molar-refractivity contribution in [3.05, 3.63) is 76.6 Å². The number of anilines is 1. The van der Waals surface area contributed by atoms with Crippen molar-refractivity contribution in [3.63, 3.8) is 0 Å². The predicted octanol–water partition coefficient (Wildman–Crippen LogP) is 6.85. The molecule has 0 radical (unpaired) electrons. The van der Waals surface area contributed by atoms with Crippen molar-refractivity contribution >= 4 is 39.5 Å². The summed E-state index contributed by atoms with van der Waals surface area (Å²) in [6.07, 6.45) is 2.89. The standard InChI is InChI=1S/C27H22ClFN4O3S/c1-34-17-6-4-16(24(9-17)35-2)12-30-23-13-32-33-22-8-15(5-7-18(22)23)19-10-21(28)25(36-3)11-20(19)27-31-14-26(29)37-27/h4-11,13-14H,12H2,1-3H3,(H,30,33). The molecule has 0 bridgehead atoms. The normalized spacial score (nSPS) is 10.9. The van der Waals surface area contributed by atoms with Crippen molar-refractivity contribution in [2.45, 2.75) is 6.54 Å². The molecule has 0 aliphatic heterocycles. The Bertz CT molecular complexity index is 1590. The van der Waals surface area contributed by atoms with Crippen molar-refractivity contribution in [1.29, 1.82) is 0 Å². The lowest BCUT2D eigenvalue weighted by molar-refractivity contribution is 0.391. The summed E-state index contributed by atoms with van der Waals surface area (Å²) < 4.78 is 30.0. The Labute approximate surface area is 221 Å². The van der Waals surface area contributed by atoms with E-state index in [1.165, 1.54) is 13.3 Å². The van der Waals surface area contributed by atoms with Crippen LogP contribution in [0.25, 0.3) is 32.6 Å². The SMILES string of the molecule is COc1ccc(CNc2cnnc3cc(-c4cc(Cl)c(OC)cc4-c4ncc(F)s4)ccc23)c(OC)c1. The number of nitrogens with zero attached hydrogens (tertiary/aromatic N) is 3. The summed E-state index contributed by atoms with van der Waals surface area (Å²) in [5.74, 6) is 1.93.